The van der Waals surface area contributed by atoms with E-state index in [1.54, 1.807) is 0 Å². The van der Waals surface area contributed by atoms with E-state index in [4.69, 9.17) is 0 Å². The number of carbonyl (C=O) groups excluding carboxylic acids is 1. The standard InChI is InChI=1S/C20H30N2O/c1-16(15-20(2,3)4)17-7-9-18(10-8-17)19(23)21-11-14-22-12-5-6-13-22/h7-10,15H,5-6,11-14H2,1-4H3,(H,21,23)/b16-15+. The van der Waals surface area contributed by atoms with Gasteiger partial charge in [-0.05, 0) is 61.5 Å². The summed E-state index contributed by atoms with van der Waals surface area (Å²) in [6.07, 6.45) is 4.84. The molecule has 0 aromatic heterocycles. The lowest BCUT2D eigenvalue weighted by Gasteiger charge is -2.15. The number of nitrogens with one attached hydrogen (secondary N) is 1. The highest BCUT2D eigenvalue weighted by molar-refractivity contribution is 5.94. The normalized spacial score (nSPS) is 16.6. The van der Waals surface area contributed by atoms with Crippen LogP contribution in [0.5, 0.6) is 0 Å². The molecule has 3 nitrogen and oxygen atoms in total. The van der Waals surface area contributed by atoms with Crippen molar-refractivity contribution in [3.8, 4) is 0 Å². The monoisotopic (exact) mass is 314 g/mol. The number of rotatable bonds is 5. The minimum absolute atomic E-state index is 0.0215. The second-order valence-electron chi connectivity index (χ2n) is 7.58. The Hall–Kier alpha value is -1.61. The number of hydrogen-bond donors (Lipinski definition) is 1. The number of benzene rings is 1. The molecule has 1 N–H and O–H groups in total. The van der Waals surface area contributed by atoms with E-state index in [1.165, 1.54) is 37.1 Å². The second-order valence-corrected chi connectivity index (χ2v) is 7.58. The molecule has 1 aliphatic heterocycles. The summed E-state index contributed by atoms with van der Waals surface area (Å²) in [6.45, 7) is 12.7. The van der Waals surface area contributed by atoms with Crippen molar-refractivity contribution in [1.29, 1.82) is 0 Å². The summed E-state index contributed by atoms with van der Waals surface area (Å²) in [5.41, 5.74) is 3.32. The van der Waals surface area contributed by atoms with Gasteiger partial charge >= 0.3 is 0 Å². The maximum absolute atomic E-state index is 12.2. The molecule has 1 saturated heterocycles. The second kappa shape index (κ2) is 7.78. The topological polar surface area (TPSA) is 32.3 Å². The maximum Gasteiger partial charge on any atom is 0.251 e. The van der Waals surface area contributed by atoms with E-state index < -0.39 is 0 Å². The Morgan fingerprint density at radius 2 is 1.70 bits per heavy atom. The first-order valence-electron chi connectivity index (χ1n) is 8.66. The predicted octanol–water partition coefficient (Wildman–Crippen LogP) is 3.96. The van der Waals surface area contributed by atoms with Crippen LogP contribution < -0.4 is 5.32 Å². The fourth-order valence-electron chi connectivity index (χ4n) is 3.05. The van der Waals surface area contributed by atoms with Crippen LogP contribution in [0.1, 0.15) is 56.5 Å². The molecule has 1 aliphatic rings. The van der Waals surface area contributed by atoms with Gasteiger partial charge in [-0.15, -0.1) is 0 Å². The molecule has 1 fully saturated rings. The van der Waals surface area contributed by atoms with Gasteiger partial charge in [0.05, 0.1) is 0 Å². The third-order valence-corrected chi connectivity index (χ3v) is 4.16. The molecule has 0 unspecified atom stereocenters. The molecule has 0 spiro atoms. The van der Waals surface area contributed by atoms with Gasteiger partial charge in [-0.3, -0.25) is 4.79 Å². The van der Waals surface area contributed by atoms with Gasteiger partial charge in [0.25, 0.3) is 5.91 Å². The van der Waals surface area contributed by atoms with E-state index in [2.05, 4.69) is 44.0 Å². The zero-order chi connectivity index (χ0) is 16.9. The number of carbonyl (C=O) groups is 1. The van der Waals surface area contributed by atoms with Crippen molar-refractivity contribution in [1.82, 2.24) is 10.2 Å². The highest BCUT2D eigenvalue weighted by Gasteiger charge is 2.12. The van der Waals surface area contributed by atoms with E-state index >= 15 is 0 Å². The number of nitrogens with zero attached hydrogens (tertiary/aromatic N) is 1. The summed E-state index contributed by atoms with van der Waals surface area (Å²) in [7, 11) is 0. The van der Waals surface area contributed by atoms with Gasteiger partial charge in [0.15, 0.2) is 0 Å². The Morgan fingerprint density at radius 1 is 1.13 bits per heavy atom. The van der Waals surface area contributed by atoms with E-state index in [1.807, 2.05) is 24.3 Å². The highest BCUT2D eigenvalue weighted by Crippen LogP contribution is 2.23. The molecule has 2 rings (SSSR count). The first-order valence-corrected chi connectivity index (χ1v) is 8.66. The summed E-state index contributed by atoms with van der Waals surface area (Å²) >= 11 is 0. The lowest BCUT2D eigenvalue weighted by molar-refractivity contribution is 0.0950. The molecule has 1 aromatic rings. The molecule has 1 aromatic carbocycles. The fraction of sp³-hybridized carbons (Fsp3) is 0.550. The number of hydrogen-bond acceptors (Lipinski definition) is 2. The fourth-order valence-corrected chi connectivity index (χ4v) is 3.05. The first-order chi connectivity index (χ1) is 10.8. The predicted molar refractivity (Wildman–Crippen MR) is 97.6 cm³/mol. The van der Waals surface area contributed by atoms with Crippen LogP contribution in [-0.2, 0) is 0 Å². The quantitative estimate of drug-likeness (QED) is 0.892. The van der Waals surface area contributed by atoms with Gasteiger partial charge < -0.3 is 10.2 Å². The van der Waals surface area contributed by atoms with Crippen molar-refractivity contribution in [2.24, 2.45) is 5.41 Å². The third kappa shape index (κ3) is 5.83. The minimum Gasteiger partial charge on any atom is -0.351 e. The van der Waals surface area contributed by atoms with Gasteiger partial charge in [0.2, 0.25) is 0 Å². The van der Waals surface area contributed by atoms with Crippen molar-refractivity contribution in [2.75, 3.05) is 26.2 Å². The van der Waals surface area contributed by atoms with Gasteiger partial charge in [0, 0.05) is 18.7 Å². The number of amides is 1. The van der Waals surface area contributed by atoms with E-state index in [0.29, 0.717) is 0 Å². The van der Waals surface area contributed by atoms with E-state index in [9.17, 15) is 4.79 Å². The molecule has 0 radical (unpaired) electrons. The first kappa shape index (κ1) is 17.7. The summed E-state index contributed by atoms with van der Waals surface area (Å²) < 4.78 is 0. The van der Waals surface area contributed by atoms with Crippen molar-refractivity contribution in [3.63, 3.8) is 0 Å². The molecular formula is C20H30N2O. The molecule has 0 atom stereocenters. The highest BCUT2D eigenvalue weighted by atomic mass is 16.1. The molecule has 1 heterocycles. The Kier molecular flexibility index (Phi) is 6.00. The Morgan fingerprint density at radius 3 is 2.26 bits per heavy atom. The van der Waals surface area contributed by atoms with Gasteiger partial charge in [-0.25, -0.2) is 0 Å². The van der Waals surface area contributed by atoms with Crippen LogP contribution in [0.2, 0.25) is 0 Å². The molecule has 126 valence electrons. The van der Waals surface area contributed by atoms with Crippen LogP contribution in [0.25, 0.3) is 5.57 Å². The molecule has 0 bridgehead atoms. The maximum atomic E-state index is 12.2. The smallest absolute Gasteiger partial charge is 0.251 e. The van der Waals surface area contributed by atoms with Crippen molar-refractivity contribution >= 4 is 11.5 Å². The summed E-state index contributed by atoms with van der Waals surface area (Å²) in [6, 6.07) is 7.90. The van der Waals surface area contributed by atoms with Crippen LogP contribution in [0.4, 0.5) is 0 Å². The van der Waals surface area contributed by atoms with E-state index in [-0.39, 0.29) is 11.3 Å². The largest absolute Gasteiger partial charge is 0.351 e. The van der Waals surface area contributed by atoms with Crippen molar-refractivity contribution in [3.05, 3.63) is 41.5 Å². The van der Waals surface area contributed by atoms with Crippen LogP contribution in [0.3, 0.4) is 0 Å². The van der Waals surface area contributed by atoms with Crippen LogP contribution >= 0.6 is 0 Å². The van der Waals surface area contributed by atoms with E-state index in [0.717, 1.165) is 18.7 Å². The Bertz CT molecular complexity index is 546. The van der Waals surface area contributed by atoms with Crippen LogP contribution in [0.15, 0.2) is 30.3 Å². The summed E-state index contributed by atoms with van der Waals surface area (Å²) in [5, 5.41) is 3.02. The molecular weight excluding hydrogens is 284 g/mol. The van der Waals surface area contributed by atoms with Gasteiger partial charge in [-0.2, -0.15) is 0 Å². The Labute approximate surface area is 140 Å². The number of likely N-dealkylation sites (tertiary alicyclic amines) is 1. The van der Waals surface area contributed by atoms with Gasteiger partial charge in [0.1, 0.15) is 0 Å². The Balaban J connectivity index is 1.88. The molecule has 0 aliphatic carbocycles. The van der Waals surface area contributed by atoms with Gasteiger partial charge in [-0.1, -0.05) is 39.0 Å². The number of allylic oxidation sites excluding steroid dienone is 2. The minimum atomic E-state index is 0.0215. The summed E-state index contributed by atoms with van der Waals surface area (Å²) in [5.74, 6) is 0.0215. The lowest BCUT2D eigenvalue weighted by Crippen LogP contribution is -2.33. The molecule has 0 saturated carbocycles. The SMILES string of the molecule is C/C(=C\C(C)(C)C)c1ccc(C(=O)NCCN2CCCC2)cc1. The zero-order valence-electron chi connectivity index (χ0n) is 15.0. The average Bonchev–Trinajstić information content (AvgIpc) is 2.99. The molecule has 3 heteroatoms. The van der Waals surface area contributed by atoms with Crippen LogP contribution in [0, 0.1) is 5.41 Å². The van der Waals surface area contributed by atoms with Crippen molar-refractivity contribution < 1.29 is 4.79 Å². The third-order valence-electron chi connectivity index (χ3n) is 4.16. The molecule has 1 amide bonds. The average molecular weight is 314 g/mol. The lowest BCUT2D eigenvalue weighted by atomic mass is 9.91. The van der Waals surface area contributed by atoms with Crippen molar-refractivity contribution in [2.45, 2.75) is 40.5 Å². The molecule has 23 heavy (non-hydrogen) atoms. The zero-order valence-corrected chi connectivity index (χ0v) is 15.0. The summed E-state index contributed by atoms with van der Waals surface area (Å²) in [4.78, 5) is 14.6. The van der Waals surface area contributed by atoms with Crippen LogP contribution in [-0.4, -0.2) is 37.0 Å².